The first-order chi connectivity index (χ1) is 11.8. The molecular formula is C18H14F3N3O. The van der Waals surface area contributed by atoms with E-state index in [1.807, 2.05) is 0 Å². The topological polar surface area (TPSA) is 42.5 Å². The SMILES string of the molecule is Cc1c2cc(C(F)(F)F)c(-c3cccn4cccc34)c(O)c2nn1C. The number of phenolic OH excluding ortho intramolecular Hbond substituents is 1. The summed E-state index contributed by atoms with van der Waals surface area (Å²) in [5.74, 6) is -0.456. The maximum atomic E-state index is 13.8. The van der Waals surface area contributed by atoms with Crippen LogP contribution in [0.25, 0.3) is 27.5 Å². The van der Waals surface area contributed by atoms with Crippen molar-refractivity contribution >= 4 is 16.4 Å². The summed E-state index contributed by atoms with van der Waals surface area (Å²) in [6.07, 6.45) is -1.12. The standard InChI is InChI=1S/C18H14F3N3O/c1-10-12-9-13(18(19,20)21)15(17(25)16(12)22-23(10)2)11-5-3-7-24-8-4-6-14(11)24/h3-9,25H,1-2H3. The van der Waals surface area contributed by atoms with Crippen molar-refractivity contribution in [2.75, 3.05) is 0 Å². The molecule has 128 valence electrons. The molecule has 0 spiro atoms. The summed E-state index contributed by atoms with van der Waals surface area (Å²) in [7, 11) is 1.63. The summed E-state index contributed by atoms with van der Waals surface area (Å²) >= 11 is 0. The third-order valence-electron chi connectivity index (χ3n) is 4.54. The van der Waals surface area contributed by atoms with E-state index in [-0.39, 0.29) is 11.1 Å². The highest BCUT2D eigenvalue weighted by molar-refractivity contribution is 5.98. The lowest BCUT2D eigenvalue weighted by Crippen LogP contribution is -2.08. The molecule has 7 heteroatoms. The smallest absolute Gasteiger partial charge is 0.417 e. The number of nitrogens with zero attached hydrogens (tertiary/aromatic N) is 3. The van der Waals surface area contributed by atoms with Gasteiger partial charge in [-0.05, 0) is 31.2 Å². The molecule has 0 aliphatic rings. The van der Waals surface area contributed by atoms with Gasteiger partial charge in [0.2, 0.25) is 0 Å². The van der Waals surface area contributed by atoms with Crippen molar-refractivity contribution in [2.45, 2.75) is 13.1 Å². The van der Waals surface area contributed by atoms with Gasteiger partial charge in [-0.2, -0.15) is 18.3 Å². The van der Waals surface area contributed by atoms with Gasteiger partial charge >= 0.3 is 6.18 Å². The van der Waals surface area contributed by atoms with Gasteiger partial charge in [0.1, 0.15) is 5.52 Å². The second-order valence-corrected chi connectivity index (χ2v) is 5.97. The monoisotopic (exact) mass is 345 g/mol. The summed E-state index contributed by atoms with van der Waals surface area (Å²) in [6, 6.07) is 7.74. The number of rotatable bonds is 1. The number of pyridine rings is 1. The Bertz CT molecular complexity index is 1120. The number of phenols is 1. The predicted molar refractivity (Wildman–Crippen MR) is 88.5 cm³/mol. The number of aryl methyl sites for hydroxylation is 2. The maximum Gasteiger partial charge on any atom is 0.417 e. The van der Waals surface area contributed by atoms with Crippen LogP contribution >= 0.6 is 0 Å². The van der Waals surface area contributed by atoms with Gasteiger partial charge in [0.15, 0.2) is 5.75 Å². The molecule has 0 saturated carbocycles. The zero-order chi connectivity index (χ0) is 17.9. The molecule has 3 heterocycles. The molecule has 0 fully saturated rings. The summed E-state index contributed by atoms with van der Waals surface area (Å²) in [5, 5.41) is 15.2. The summed E-state index contributed by atoms with van der Waals surface area (Å²) in [4.78, 5) is 0. The van der Waals surface area contributed by atoms with Crippen molar-refractivity contribution in [3.05, 3.63) is 54.0 Å². The number of halogens is 3. The summed E-state index contributed by atoms with van der Waals surface area (Å²) in [6.45, 7) is 1.67. The van der Waals surface area contributed by atoms with Crippen LogP contribution in [0.1, 0.15) is 11.3 Å². The van der Waals surface area contributed by atoms with E-state index in [0.717, 1.165) is 6.07 Å². The number of aromatic nitrogens is 3. The largest absolute Gasteiger partial charge is 0.505 e. The molecule has 1 aromatic carbocycles. The van der Waals surface area contributed by atoms with Crippen LogP contribution in [0.2, 0.25) is 0 Å². The second kappa shape index (κ2) is 5.02. The highest BCUT2D eigenvalue weighted by Gasteiger charge is 2.37. The average molecular weight is 345 g/mol. The molecule has 0 saturated heterocycles. The van der Waals surface area contributed by atoms with Gasteiger partial charge in [-0.15, -0.1) is 0 Å². The Morgan fingerprint density at radius 3 is 2.48 bits per heavy atom. The number of hydrogen-bond acceptors (Lipinski definition) is 2. The van der Waals surface area contributed by atoms with Gasteiger partial charge in [-0.1, -0.05) is 6.07 Å². The van der Waals surface area contributed by atoms with E-state index in [1.54, 1.807) is 55.0 Å². The molecule has 0 aliphatic carbocycles. The number of fused-ring (bicyclic) bond motifs is 2. The molecule has 0 bridgehead atoms. The average Bonchev–Trinajstić information content (AvgIpc) is 3.13. The Morgan fingerprint density at radius 1 is 1.12 bits per heavy atom. The van der Waals surface area contributed by atoms with Crippen LogP contribution in [0.4, 0.5) is 13.2 Å². The Hall–Kier alpha value is -2.96. The van der Waals surface area contributed by atoms with Crippen LogP contribution in [-0.4, -0.2) is 19.3 Å². The molecule has 0 radical (unpaired) electrons. The minimum Gasteiger partial charge on any atom is -0.505 e. The van der Waals surface area contributed by atoms with Crippen molar-refractivity contribution in [1.29, 1.82) is 0 Å². The number of hydrogen-bond donors (Lipinski definition) is 1. The van der Waals surface area contributed by atoms with Gasteiger partial charge in [-0.3, -0.25) is 4.68 Å². The maximum absolute atomic E-state index is 13.8. The van der Waals surface area contributed by atoms with Gasteiger partial charge < -0.3 is 9.51 Å². The van der Waals surface area contributed by atoms with Gasteiger partial charge in [0.05, 0.1) is 11.1 Å². The lowest BCUT2D eigenvalue weighted by molar-refractivity contribution is -0.137. The number of alkyl halides is 3. The van der Waals surface area contributed by atoms with Crippen molar-refractivity contribution in [2.24, 2.45) is 7.05 Å². The fourth-order valence-corrected chi connectivity index (χ4v) is 3.21. The lowest BCUT2D eigenvalue weighted by Gasteiger charge is -2.16. The number of aromatic hydroxyl groups is 1. The fraction of sp³-hybridized carbons (Fsp3) is 0.167. The van der Waals surface area contributed by atoms with E-state index in [4.69, 9.17) is 0 Å². The van der Waals surface area contributed by atoms with E-state index < -0.39 is 17.5 Å². The highest BCUT2D eigenvalue weighted by atomic mass is 19.4. The summed E-state index contributed by atoms with van der Waals surface area (Å²) in [5.41, 5.74) is 0.489. The molecule has 25 heavy (non-hydrogen) atoms. The molecule has 3 aromatic heterocycles. The van der Waals surface area contributed by atoms with Crippen LogP contribution < -0.4 is 0 Å². The zero-order valence-corrected chi connectivity index (χ0v) is 13.5. The minimum absolute atomic E-state index is 0.163. The second-order valence-electron chi connectivity index (χ2n) is 5.97. The zero-order valence-electron chi connectivity index (χ0n) is 13.5. The first-order valence-electron chi connectivity index (χ1n) is 7.61. The van der Waals surface area contributed by atoms with Gasteiger partial charge in [-0.25, -0.2) is 0 Å². The van der Waals surface area contributed by atoms with Crippen LogP contribution in [0.3, 0.4) is 0 Å². The molecule has 1 N–H and O–H groups in total. The molecule has 4 aromatic rings. The van der Waals surface area contributed by atoms with Crippen molar-refractivity contribution in [1.82, 2.24) is 14.2 Å². The third kappa shape index (κ3) is 2.19. The van der Waals surface area contributed by atoms with E-state index in [1.165, 1.54) is 4.68 Å². The molecule has 4 nitrogen and oxygen atoms in total. The summed E-state index contributed by atoms with van der Waals surface area (Å²) < 4.78 is 44.5. The Morgan fingerprint density at radius 2 is 1.80 bits per heavy atom. The van der Waals surface area contributed by atoms with Crippen molar-refractivity contribution in [3.63, 3.8) is 0 Å². The Labute approximate surface area is 140 Å². The van der Waals surface area contributed by atoms with Gasteiger partial charge in [0, 0.05) is 41.6 Å². The van der Waals surface area contributed by atoms with Crippen LogP contribution in [0.5, 0.6) is 5.75 Å². The van der Waals surface area contributed by atoms with Crippen LogP contribution in [0, 0.1) is 6.92 Å². The van der Waals surface area contributed by atoms with E-state index in [9.17, 15) is 18.3 Å². The third-order valence-corrected chi connectivity index (χ3v) is 4.54. The molecule has 0 unspecified atom stereocenters. The van der Waals surface area contributed by atoms with E-state index >= 15 is 0 Å². The molecule has 0 amide bonds. The molecule has 0 atom stereocenters. The predicted octanol–water partition coefficient (Wildman–Crippen LogP) is 4.53. The molecular weight excluding hydrogens is 331 g/mol. The van der Waals surface area contributed by atoms with Gasteiger partial charge in [0.25, 0.3) is 0 Å². The van der Waals surface area contributed by atoms with Crippen molar-refractivity contribution in [3.8, 4) is 16.9 Å². The van der Waals surface area contributed by atoms with E-state index in [0.29, 0.717) is 22.2 Å². The lowest BCUT2D eigenvalue weighted by atomic mass is 9.95. The van der Waals surface area contributed by atoms with Crippen LogP contribution in [-0.2, 0) is 13.2 Å². The fourth-order valence-electron chi connectivity index (χ4n) is 3.21. The number of benzene rings is 1. The van der Waals surface area contributed by atoms with Crippen molar-refractivity contribution < 1.29 is 18.3 Å². The Balaban J connectivity index is 2.19. The quantitative estimate of drug-likeness (QED) is 0.551. The normalized spacial score (nSPS) is 12.4. The highest BCUT2D eigenvalue weighted by Crippen LogP contribution is 2.46. The van der Waals surface area contributed by atoms with Crippen LogP contribution in [0.15, 0.2) is 42.7 Å². The molecule has 4 rings (SSSR count). The van der Waals surface area contributed by atoms with E-state index in [2.05, 4.69) is 5.10 Å². The molecule has 0 aliphatic heterocycles. The first-order valence-corrected chi connectivity index (χ1v) is 7.61. The Kier molecular flexibility index (Phi) is 3.12. The minimum atomic E-state index is -4.61. The first kappa shape index (κ1) is 15.6.